The second kappa shape index (κ2) is 4.51. The normalized spacial score (nSPS) is 32.2. The molecule has 0 bridgehead atoms. The molecule has 0 spiro atoms. The molecule has 0 N–H and O–H groups in total. The van der Waals surface area contributed by atoms with E-state index in [-0.39, 0.29) is 10.8 Å². The van der Waals surface area contributed by atoms with E-state index in [1.807, 2.05) is 0 Å². The van der Waals surface area contributed by atoms with Crippen molar-refractivity contribution in [2.75, 3.05) is 0 Å². The molecule has 1 aromatic rings. The fraction of sp³-hybridized carbons (Fsp3) is 0.579. The van der Waals surface area contributed by atoms with Crippen LogP contribution in [0.25, 0.3) is 0 Å². The summed E-state index contributed by atoms with van der Waals surface area (Å²) in [5, 5.41) is 0. The maximum Gasteiger partial charge on any atom is -0.00497 e. The van der Waals surface area contributed by atoms with Crippen molar-refractivity contribution < 1.29 is 0 Å². The lowest BCUT2D eigenvalue weighted by molar-refractivity contribution is -0.0375. The van der Waals surface area contributed by atoms with E-state index in [4.69, 9.17) is 0 Å². The van der Waals surface area contributed by atoms with E-state index in [1.165, 1.54) is 5.56 Å². The van der Waals surface area contributed by atoms with Crippen molar-refractivity contribution in [2.24, 2.45) is 22.2 Å². The van der Waals surface area contributed by atoms with Gasteiger partial charge in [-0.1, -0.05) is 84.0 Å². The number of hydrogen-bond acceptors (Lipinski definition) is 0. The Kier molecular flexibility index (Phi) is 3.41. The molecule has 0 heterocycles. The molecule has 0 saturated heterocycles. The summed E-state index contributed by atoms with van der Waals surface area (Å²) < 4.78 is 0. The number of rotatable bonds is 2. The topological polar surface area (TPSA) is 0 Å². The summed E-state index contributed by atoms with van der Waals surface area (Å²) in [7, 11) is 0. The molecular weight excluding hydrogens is 228 g/mol. The van der Waals surface area contributed by atoms with Gasteiger partial charge in [-0.15, -0.1) is 0 Å². The SMILES string of the molecule is CC1C=CC(C)(Cc2ccccc2)C(C)(C)C1(C)C. The standard InChI is InChI=1S/C19H28/c1-15-12-13-19(6,18(4,5)17(15,2)3)14-16-10-8-7-9-11-16/h7-13,15H,14H2,1-6H3. The highest BCUT2D eigenvalue weighted by atomic mass is 14.6. The minimum atomic E-state index is 0.213. The van der Waals surface area contributed by atoms with Gasteiger partial charge in [0.2, 0.25) is 0 Å². The third-order valence-electron chi connectivity index (χ3n) is 6.34. The summed E-state index contributed by atoms with van der Waals surface area (Å²) in [6, 6.07) is 10.9. The van der Waals surface area contributed by atoms with E-state index < -0.39 is 0 Å². The predicted octanol–water partition coefficient (Wildman–Crippen LogP) is 5.49. The van der Waals surface area contributed by atoms with E-state index in [2.05, 4.69) is 84.0 Å². The Bertz CT molecular complexity index is 464. The summed E-state index contributed by atoms with van der Waals surface area (Å²) in [6.45, 7) is 14.5. The zero-order valence-electron chi connectivity index (χ0n) is 13.3. The highest BCUT2D eigenvalue weighted by Gasteiger charge is 2.52. The van der Waals surface area contributed by atoms with Crippen molar-refractivity contribution in [1.29, 1.82) is 0 Å². The van der Waals surface area contributed by atoms with Crippen molar-refractivity contribution in [3.05, 3.63) is 48.0 Å². The fourth-order valence-electron chi connectivity index (χ4n) is 3.41. The van der Waals surface area contributed by atoms with Gasteiger partial charge in [-0.2, -0.15) is 0 Å². The lowest BCUT2D eigenvalue weighted by Gasteiger charge is -2.57. The van der Waals surface area contributed by atoms with Crippen LogP contribution in [0.3, 0.4) is 0 Å². The van der Waals surface area contributed by atoms with Gasteiger partial charge < -0.3 is 0 Å². The van der Waals surface area contributed by atoms with Gasteiger partial charge in [-0.05, 0) is 34.1 Å². The lowest BCUT2D eigenvalue weighted by atomic mass is 9.47. The quantitative estimate of drug-likeness (QED) is 0.613. The minimum Gasteiger partial charge on any atom is -0.0846 e. The molecule has 1 aliphatic carbocycles. The average Bonchev–Trinajstić information content (AvgIpc) is 2.35. The van der Waals surface area contributed by atoms with Crippen LogP contribution < -0.4 is 0 Å². The van der Waals surface area contributed by atoms with Crippen LogP contribution in [-0.4, -0.2) is 0 Å². The van der Waals surface area contributed by atoms with E-state index in [9.17, 15) is 0 Å². The molecule has 1 aromatic carbocycles. The Labute approximate surface area is 118 Å². The lowest BCUT2D eigenvalue weighted by Crippen LogP contribution is -2.51. The fourth-order valence-corrected chi connectivity index (χ4v) is 3.41. The minimum absolute atomic E-state index is 0.213. The summed E-state index contributed by atoms with van der Waals surface area (Å²) in [4.78, 5) is 0. The Morgan fingerprint density at radius 3 is 2.11 bits per heavy atom. The molecule has 2 atom stereocenters. The molecular formula is C19H28. The molecule has 0 saturated carbocycles. The van der Waals surface area contributed by atoms with E-state index >= 15 is 0 Å². The van der Waals surface area contributed by atoms with Crippen molar-refractivity contribution >= 4 is 0 Å². The van der Waals surface area contributed by atoms with Crippen molar-refractivity contribution in [3.63, 3.8) is 0 Å². The summed E-state index contributed by atoms with van der Waals surface area (Å²) >= 11 is 0. The first-order chi connectivity index (χ1) is 8.71. The van der Waals surface area contributed by atoms with E-state index in [0.29, 0.717) is 11.3 Å². The van der Waals surface area contributed by atoms with Crippen LogP contribution in [0.2, 0.25) is 0 Å². The van der Waals surface area contributed by atoms with Crippen LogP contribution >= 0.6 is 0 Å². The molecule has 1 aliphatic rings. The van der Waals surface area contributed by atoms with Crippen molar-refractivity contribution in [1.82, 2.24) is 0 Å². The predicted molar refractivity (Wildman–Crippen MR) is 84.1 cm³/mol. The third kappa shape index (κ3) is 2.16. The summed E-state index contributed by atoms with van der Waals surface area (Å²) in [6.07, 6.45) is 6.01. The second-order valence-corrected chi connectivity index (χ2v) is 7.57. The third-order valence-corrected chi connectivity index (χ3v) is 6.34. The molecule has 0 fully saturated rings. The molecule has 0 heteroatoms. The molecule has 0 radical (unpaired) electrons. The first-order valence-electron chi connectivity index (χ1n) is 7.44. The first-order valence-corrected chi connectivity index (χ1v) is 7.44. The van der Waals surface area contributed by atoms with Crippen LogP contribution in [0.15, 0.2) is 42.5 Å². The number of benzene rings is 1. The highest BCUT2D eigenvalue weighted by molar-refractivity contribution is 5.24. The van der Waals surface area contributed by atoms with Crippen LogP contribution in [0.4, 0.5) is 0 Å². The maximum atomic E-state index is 2.47. The van der Waals surface area contributed by atoms with Gasteiger partial charge >= 0.3 is 0 Å². The van der Waals surface area contributed by atoms with Gasteiger partial charge in [0.15, 0.2) is 0 Å². The molecule has 2 unspecified atom stereocenters. The Morgan fingerprint density at radius 1 is 0.947 bits per heavy atom. The van der Waals surface area contributed by atoms with Gasteiger partial charge in [-0.3, -0.25) is 0 Å². The summed E-state index contributed by atoms with van der Waals surface area (Å²) in [5.74, 6) is 0.631. The van der Waals surface area contributed by atoms with Crippen LogP contribution in [-0.2, 0) is 6.42 Å². The Balaban J connectivity index is 2.40. The van der Waals surface area contributed by atoms with E-state index in [0.717, 1.165) is 6.42 Å². The maximum absolute atomic E-state index is 2.47. The van der Waals surface area contributed by atoms with Gasteiger partial charge in [0.1, 0.15) is 0 Å². The highest BCUT2D eigenvalue weighted by Crippen LogP contribution is 2.59. The second-order valence-electron chi connectivity index (χ2n) is 7.57. The van der Waals surface area contributed by atoms with Crippen LogP contribution in [0.1, 0.15) is 47.1 Å². The zero-order valence-corrected chi connectivity index (χ0v) is 13.3. The molecule has 2 rings (SSSR count). The average molecular weight is 256 g/mol. The number of allylic oxidation sites excluding steroid dienone is 2. The molecule has 19 heavy (non-hydrogen) atoms. The molecule has 0 aliphatic heterocycles. The summed E-state index contributed by atoms with van der Waals surface area (Å²) in [5.41, 5.74) is 2.23. The first kappa shape index (κ1) is 14.4. The van der Waals surface area contributed by atoms with Gasteiger partial charge in [0, 0.05) is 0 Å². The molecule has 0 nitrogen and oxygen atoms in total. The monoisotopic (exact) mass is 256 g/mol. The number of hydrogen-bond donors (Lipinski definition) is 0. The van der Waals surface area contributed by atoms with Crippen molar-refractivity contribution in [2.45, 2.75) is 48.0 Å². The molecule has 0 amide bonds. The zero-order chi connectivity index (χ0) is 14.3. The Hall–Kier alpha value is -1.04. The Morgan fingerprint density at radius 2 is 1.53 bits per heavy atom. The van der Waals surface area contributed by atoms with Gasteiger partial charge in [0.25, 0.3) is 0 Å². The van der Waals surface area contributed by atoms with E-state index in [1.54, 1.807) is 0 Å². The molecule has 0 aromatic heterocycles. The molecule has 104 valence electrons. The smallest absolute Gasteiger partial charge is 0.00497 e. The van der Waals surface area contributed by atoms with Crippen molar-refractivity contribution in [3.8, 4) is 0 Å². The largest absolute Gasteiger partial charge is 0.0846 e. The van der Waals surface area contributed by atoms with Gasteiger partial charge in [-0.25, -0.2) is 0 Å². The van der Waals surface area contributed by atoms with Crippen LogP contribution in [0, 0.1) is 22.2 Å². The van der Waals surface area contributed by atoms with Gasteiger partial charge in [0.05, 0.1) is 0 Å². The van der Waals surface area contributed by atoms with Crippen LogP contribution in [0.5, 0.6) is 0 Å².